The number of hydrogen-bond donors (Lipinski definition) is 0. The summed E-state index contributed by atoms with van der Waals surface area (Å²) in [5.74, 6) is 0. The summed E-state index contributed by atoms with van der Waals surface area (Å²) in [4.78, 5) is 0. The Morgan fingerprint density at radius 2 is 0.500 bits per heavy atom. The summed E-state index contributed by atoms with van der Waals surface area (Å²) in [7, 11) is -14.5. The van der Waals surface area contributed by atoms with Crippen LogP contribution < -0.4 is 46.7 Å². The van der Waals surface area contributed by atoms with E-state index < -0.39 is 56.5 Å². The van der Waals surface area contributed by atoms with E-state index in [1.165, 1.54) is 0 Å². The summed E-state index contributed by atoms with van der Waals surface area (Å²) < 4.78 is 0. The Balaban J connectivity index is 2.89. The molecule has 0 spiro atoms. The van der Waals surface area contributed by atoms with Gasteiger partial charge in [0.1, 0.15) is 0 Å². The molecule has 1 aliphatic carbocycles. The molecule has 7 heteroatoms. The monoisotopic (exact) mass is 897 g/mol. The van der Waals surface area contributed by atoms with Gasteiger partial charge in [0.25, 0.3) is 0 Å². The number of hydrogen-bond acceptors (Lipinski definition) is 0. The number of benzene rings is 3. The molecule has 0 atom stereocenters. The smallest absolute Gasteiger partial charge is 0.0656 e. The Bertz CT molecular complexity index is 1990. The van der Waals surface area contributed by atoms with E-state index in [-0.39, 0.29) is 0 Å². The van der Waals surface area contributed by atoms with Gasteiger partial charge in [0.15, 0.2) is 8.07 Å². The van der Waals surface area contributed by atoms with Crippen molar-refractivity contribution in [2.45, 2.75) is 193 Å². The molecule has 0 nitrogen and oxygen atoms in total. The Hall–Kier alpha value is -1.34. The highest BCUT2D eigenvalue weighted by Crippen LogP contribution is 2.47. The summed E-state index contributed by atoms with van der Waals surface area (Å²) >= 11 is 0. The van der Waals surface area contributed by atoms with Crippen LogP contribution in [0, 0.1) is 41.5 Å². The maximum atomic E-state index is 2.72. The summed E-state index contributed by atoms with van der Waals surface area (Å²) in [6, 6.07) is 8.17. The fourth-order valence-electron chi connectivity index (χ4n) is 12.3. The molecule has 58 heavy (non-hydrogen) atoms. The Morgan fingerprint density at radius 1 is 0.293 bits per heavy atom. The van der Waals surface area contributed by atoms with E-state index in [0.29, 0.717) is 5.54 Å². The van der Waals surface area contributed by atoms with Crippen molar-refractivity contribution in [3.63, 3.8) is 0 Å². The van der Waals surface area contributed by atoms with E-state index in [0.717, 1.165) is 0 Å². The van der Waals surface area contributed by atoms with Gasteiger partial charge in [0.2, 0.25) is 0 Å². The van der Waals surface area contributed by atoms with Gasteiger partial charge in [-0.25, -0.2) is 0 Å². The van der Waals surface area contributed by atoms with E-state index in [1.807, 2.05) is 15.6 Å². The highest BCUT2D eigenvalue weighted by atomic mass is 28.3. The lowest BCUT2D eigenvalue weighted by Crippen LogP contribution is -2.85. The Kier molecular flexibility index (Phi) is 13.2. The molecule has 4 rings (SSSR count). The summed E-state index contributed by atoms with van der Waals surface area (Å²) in [6.07, 6.45) is 0. The topological polar surface area (TPSA) is 0 Å². The van der Waals surface area contributed by atoms with Crippen molar-refractivity contribution >= 4 is 103 Å². The predicted molar refractivity (Wildman–Crippen MR) is 291 cm³/mol. The van der Waals surface area contributed by atoms with Crippen LogP contribution in [-0.2, 0) is 0 Å². The second-order valence-corrected chi connectivity index (χ2v) is 59.0. The lowest BCUT2D eigenvalue weighted by molar-refractivity contribution is 1.09. The zero-order chi connectivity index (χ0) is 45.2. The van der Waals surface area contributed by atoms with Gasteiger partial charge in [0, 0.05) is 5.54 Å². The van der Waals surface area contributed by atoms with Gasteiger partial charge in [-0.15, -0.1) is 0 Å². The van der Waals surface area contributed by atoms with Crippen molar-refractivity contribution in [3.05, 3.63) is 73.9 Å². The standard InChI is InChI=1S/C51H88Si7/c1-32-29-42(52(11,12)13)39(8)49(45(32)55(20,21)22)58(48-37(6)35(4)36(5)38(48)7,50-40(9)43(53(14,15)16)30-33(2)46(50)56(23,24)25)51-41(10)44(54(17,18)19)31-34(3)47(51)57(26,27)28/h29-31,48H,1-28H3. The minimum absolute atomic E-state index is 0.354. The third-order valence-corrected chi connectivity index (χ3v) is 33.8. The molecule has 0 aromatic heterocycles. The molecule has 0 N–H and O–H groups in total. The molecule has 0 radical (unpaired) electrons. The minimum Gasteiger partial charge on any atom is -0.0656 e. The molecule has 0 unspecified atom stereocenters. The zero-order valence-corrected chi connectivity index (χ0v) is 50.3. The van der Waals surface area contributed by atoms with Crippen LogP contribution in [0.1, 0.15) is 61.1 Å². The van der Waals surface area contributed by atoms with Crippen LogP contribution in [0.15, 0.2) is 40.5 Å². The summed E-state index contributed by atoms with van der Waals surface area (Å²) in [5, 5.41) is 16.0. The minimum atomic E-state index is -3.17. The fourth-order valence-corrected chi connectivity index (χ4v) is 37.4. The Labute approximate surface area is 367 Å². The second-order valence-electron chi connectivity index (χ2n) is 25.2. The third kappa shape index (κ3) is 8.19. The van der Waals surface area contributed by atoms with Crippen LogP contribution in [0.5, 0.6) is 0 Å². The van der Waals surface area contributed by atoms with Crippen molar-refractivity contribution in [1.29, 1.82) is 0 Å². The quantitative estimate of drug-likeness (QED) is 0.141. The van der Waals surface area contributed by atoms with E-state index in [9.17, 15) is 0 Å². The Morgan fingerprint density at radius 3 is 0.672 bits per heavy atom. The van der Waals surface area contributed by atoms with Gasteiger partial charge in [-0.2, -0.15) is 0 Å². The zero-order valence-electron chi connectivity index (χ0n) is 43.3. The average molecular weight is 898 g/mol. The molecule has 0 amide bonds. The van der Waals surface area contributed by atoms with Crippen LogP contribution in [-0.4, -0.2) is 56.5 Å². The van der Waals surface area contributed by atoms with E-state index in [1.54, 1.807) is 86.8 Å². The molecule has 0 aliphatic heterocycles. The molecule has 0 heterocycles. The predicted octanol–water partition coefficient (Wildman–Crippen LogP) is 10.3. The van der Waals surface area contributed by atoms with Crippen molar-refractivity contribution in [3.8, 4) is 0 Å². The van der Waals surface area contributed by atoms with Crippen molar-refractivity contribution in [1.82, 2.24) is 0 Å². The molecule has 320 valence electrons. The van der Waals surface area contributed by atoms with Crippen LogP contribution in [0.4, 0.5) is 0 Å². The van der Waals surface area contributed by atoms with Gasteiger partial charge < -0.3 is 0 Å². The third-order valence-electron chi connectivity index (χ3n) is 14.3. The largest absolute Gasteiger partial charge is 0.159 e. The van der Waals surface area contributed by atoms with Crippen LogP contribution in [0.3, 0.4) is 0 Å². The molecule has 3 aromatic carbocycles. The van der Waals surface area contributed by atoms with E-state index in [4.69, 9.17) is 0 Å². The van der Waals surface area contributed by atoms with Crippen molar-refractivity contribution in [2.75, 3.05) is 0 Å². The van der Waals surface area contributed by atoms with Gasteiger partial charge in [0.05, 0.1) is 48.4 Å². The fraction of sp³-hybridized carbons (Fsp3) is 0.569. The molecule has 3 aromatic rings. The highest BCUT2D eigenvalue weighted by molar-refractivity contribution is 7.21. The lowest BCUT2D eigenvalue weighted by Gasteiger charge is -2.51. The van der Waals surface area contributed by atoms with E-state index >= 15 is 0 Å². The first kappa shape index (κ1) is 49.3. The van der Waals surface area contributed by atoms with Crippen LogP contribution >= 0.6 is 0 Å². The van der Waals surface area contributed by atoms with Gasteiger partial charge in [-0.05, 0) is 95.9 Å². The average Bonchev–Trinajstić information content (AvgIpc) is 3.20. The van der Waals surface area contributed by atoms with Gasteiger partial charge in [-0.1, -0.05) is 212 Å². The molecule has 1 aliphatic rings. The first-order valence-corrected chi connectivity index (χ1v) is 45.7. The highest BCUT2D eigenvalue weighted by Gasteiger charge is 2.58. The van der Waals surface area contributed by atoms with Gasteiger partial charge >= 0.3 is 0 Å². The first-order chi connectivity index (χ1) is 25.8. The summed E-state index contributed by atoms with van der Waals surface area (Å²) in [5.41, 5.74) is 16.5. The molecule has 0 saturated heterocycles. The molecular weight excluding hydrogens is 809 g/mol. The number of aryl methyl sites for hydroxylation is 3. The molecular formula is C51H88Si7. The maximum absolute atomic E-state index is 3.17. The molecule has 0 bridgehead atoms. The second kappa shape index (κ2) is 15.5. The number of allylic oxidation sites excluding steroid dienone is 4. The van der Waals surface area contributed by atoms with Crippen molar-refractivity contribution < 1.29 is 0 Å². The SMILES string of the molecule is CC1=C(C)C([Si](c2c(C)c([Si](C)(C)C)cc(C)c2[Si](C)(C)C)(c2c(C)c([Si](C)(C)C)cc(C)c2[Si](C)(C)C)c2c(C)c([Si](C)(C)C)cc(C)c2[Si](C)(C)C)C(C)=C1C. The van der Waals surface area contributed by atoms with Crippen LogP contribution in [0.25, 0.3) is 0 Å². The molecule has 0 fully saturated rings. The number of rotatable bonds is 10. The van der Waals surface area contributed by atoms with Crippen molar-refractivity contribution in [2.24, 2.45) is 0 Å². The lowest BCUT2D eigenvalue weighted by atomic mass is 10.1. The normalized spacial score (nSPS) is 15.7. The molecule has 0 saturated carbocycles. The summed E-state index contributed by atoms with van der Waals surface area (Å²) in [6.45, 7) is 73.6. The first-order valence-electron chi connectivity index (χ1n) is 22.6. The maximum Gasteiger partial charge on any atom is 0.159 e. The van der Waals surface area contributed by atoms with Gasteiger partial charge in [-0.3, -0.25) is 0 Å². The van der Waals surface area contributed by atoms with Crippen LogP contribution in [0.2, 0.25) is 123 Å². The van der Waals surface area contributed by atoms with E-state index in [2.05, 4.69) is 205 Å².